The van der Waals surface area contributed by atoms with Gasteiger partial charge in [-0.2, -0.15) is 0 Å². The molecule has 6 heteroatoms. The zero-order valence-electron chi connectivity index (χ0n) is 18.8. The molecule has 1 atom stereocenters. The topological polar surface area (TPSA) is 85.5 Å². The average Bonchev–Trinajstić information content (AvgIpc) is 3.30. The molecule has 0 bridgehead atoms. The highest BCUT2D eigenvalue weighted by Crippen LogP contribution is 2.27. The fourth-order valence-electron chi connectivity index (χ4n) is 3.70. The van der Waals surface area contributed by atoms with Gasteiger partial charge in [-0.05, 0) is 43.7 Å². The van der Waals surface area contributed by atoms with Crippen molar-refractivity contribution in [3.63, 3.8) is 0 Å². The van der Waals surface area contributed by atoms with Crippen molar-refractivity contribution in [2.45, 2.75) is 25.9 Å². The lowest BCUT2D eigenvalue weighted by Gasteiger charge is -2.17. The molecule has 1 aromatic heterocycles. The quantitative estimate of drug-likeness (QED) is 0.188. The first-order valence-electron chi connectivity index (χ1n) is 11.1. The minimum Gasteiger partial charge on any atom is -0.494 e. The second kappa shape index (κ2) is 10.6. The number of ether oxygens (including phenoxy) is 2. The molecule has 0 aliphatic heterocycles. The van der Waals surface area contributed by atoms with Crippen LogP contribution in [-0.4, -0.2) is 29.1 Å². The van der Waals surface area contributed by atoms with Gasteiger partial charge in [0.05, 0.1) is 6.61 Å². The number of esters is 1. The van der Waals surface area contributed by atoms with Gasteiger partial charge in [-0.1, -0.05) is 48.5 Å². The molecule has 1 heterocycles. The molecule has 1 N–H and O–H groups in total. The Hall–Kier alpha value is -4.19. The Morgan fingerprint density at radius 3 is 2.32 bits per heavy atom. The zero-order chi connectivity index (χ0) is 23.9. The molecule has 172 valence electrons. The summed E-state index contributed by atoms with van der Waals surface area (Å²) in [6.07, 6.45) is 1.15. The van der Waals surface area contributed by atoms with E-state index in [2.05, 4.69) is 4.98 Å². The first kappa shape index (κ1) is 23.0. The van der Waals surface area contributed by atoms with E-state index in [0.29, 0.717) is 35.5 Å². The van der Waals surface area contributed by atoms with Crippen LogP contribution in [0.2, 0.25) is 0 Å². The Morgan fingerprint density at radius 2 is 1.59 bits per heavy atom. The van der Waals surface area contributed by atoms with Crippen LogP contribution in [0.15, 0.2) is 85.1 Å². The van der Waals surface area contributed by atoms with E-state index >= 15 is 0 Å². The molecule has 0 unspecified atom stereocenters. The fraction of sp³-hybridized carbons (Fsp3) is 0.179. The number of hydrogen-bond donors (Lipinski definition) is 1. The normalized spacial score (nSPS) is 11.7. The summed E-state index contributed by atoms with van der Waals surface area (Å²) >= 11 is 0. The van der Waals surface area contributed by atoms with Crippen LogP contribution in [0.25, 0.3) is 10.9 Å². The number of carbonyl (C=O) groups excluding carboxylic acids is 3. The van der Waals surface area contributed by atoms with Crippen LogP contribution in [0.5, 0.6) is 5.75 Å². The summed E-state index contributed by atoms with van der Waals surface area (Å²) in [5.41, 5.74) is 2.56. The van der Waals surface area contributed by atoms with Gasteiger partial charge in [0.2, 0.25) is 5.78 Å². The summed E-state index contributed by atoms with van der Waals surface area (Å²) in [6, 6.07) is 23.4. The highest BCUT2D eigenvalue weighted by Gasteiger charge is 2.27. The summed E-state index contributed by atoms with van der Waals surface area (Å²) < 4.78 is 11.3. The second-order valence-electron chi connectivity index (χ2n) is 7.93. The van der Waals surface area contributed by atoms with Gasteiger partial charge in [0, 0.05) is 40.2 Å². The van der Waals surface area contributed by atoms with Crippen LogP contribution in [0.4, 0.5) is 0 Å². The molecular weight excluding hydrogens is 430 g/mol. The third kappa shape index (κ3) is 5.41. The molecule has 6 nitrogen and oxygen atoms in total. The number of benzene rings is 3. The third-order valence-electron chi connectivity index (χ3n) is 5.50. The number of nitrogens with one attached hydrogen (secondary N) is 1. The Kier molecular flexibility index (Phi) is 7.18. The van der Waals surface area contributed by atoms with E-state index in [4.69, 9.17) is 9.47 Å². The summed E-state index contributed by atoms with van der Waals surface area (Å²) in [4.78, 5) is 40.5. The smallest absolute Gasteiger partial charge is 0.306 e. The van der Waals surface area contributed by atoms with Crippen LogP contribution < -0.4 is 4.74 Å². The highest BCUT2D eigenvalue weighted by atomic mass is 16.5. The Balaban J connectivity index is 1.39. The van der Waals surface area contributed by atoms with Gasteiger partial charge in [0.1, 0.15) is 5.75 Å². The van der Waals surface area contributed by atoms with E-state index in [0.717, 1.165) is 10.9 Å². The second-order valence-corrected chi connectivity index (χ2v) is 7.93. The standard InChI is InChI=1S/C28H25NO5/c1-19(30)20-13-15-22(16-14-20)33-17-7-12-26(31)34-28(21-8-3-2-4-9-21)27(32)24-18-29-25-11-6-5-10-23(24)25/h2-6,8-11,13-16,18,28-29H,7,12,17H2,1H3/t28-/m0/s1. The molecule has 34 heavy (non-hydrogen) atoms. The third-order valence-corrected chi connectivity index (χ3v) is 5.50. The molecular formula is C28H25NO5. The number of H-pyrrole nitrogens is 1. The van der Waals surface area contributed by atoms with Crippen LogP contribution in [0.3, 0.4) is 0 Å². The molecule has 0 spiro atoms. The van der Waals surface area contributed by atoms with Gasteiger partial charge in [-0.15, -0.1) is 0 Å². The van der Waals surface area contributed by atoms with Crippen LogP contribution in [-0.2, 0) is 9.53 Å². The molecule has 4 aromatic rings. The molecule has 0 radical (unpaired) electrons. The van der Waals surface area contributed by atoms with E-state index < -0.39 is 12.1 Å². The van der Waals surface area contributed by atoms with Gasteiger partial charge in [-0.25, -0.2) is 0 Å². The van der Waals surface area contributed by atoms with E-state index in [1.54, 1.807) is 42.6 Å². The van der Waals surface area contributed by atoms with Crippen molar-refractivity contribution in [3.8, 4) is 5.75 Å². The van der Waals surface area contributed by atoms with Crippen molar-refractivity contribution in [2.24, 2.45) is 0 Å². The molecule has 0 aliphatic rings. The number of aromatic nitrogens is 1. The van der Waals surface area contributed by atoms with Gasteiger partial charge in [-0.3, -0.25) is 14.4 Å². The first-order chi connectivity index (χ1) is 16.5. The number of para-hydroxylation sites is 1. The van der Waals surface area contributed by atoms with Crippen molar-refractivity contribution < 1.29 is 23.9 Å². The number of ketones is 2. The van der Waals surface area contributed by atoms with E-state index in [1.165, 1.54) is 6.92 Å². The van der Waals surface area contributed by atoms with Crippen molar-refractivity contribution >= 4 is 28.4 Å². The summed E-state index contributed by atoms with van der Waals surface area (Å²) in [5, 5.41) is 0.786. The maximum Gasteiger partial charge on any atom is 0.306 e. The van der Waals surface area contributed by atoms with Crippen molar-refractivity contribution in [1.29, 1.82) is 0 Å². The predicted octanol–water partition coefficient (Wildman–Crippen LogP) is 5.70. The number of aromatic amines is 1. The number of Topliss-reactive ketones (excluding diaryl/α,β-unsaturated/α-hetero) is 2. The molecule has 0 aliphatic carbocycles. The van der Waals surface area contributed by atoms with E-state index in [-0.39, 0.29) is 18.0 Å². The summed E-state index contributed by atoms with van der Waals surface area (Å²) in [5.74, 6) is -0.143. The van der Waals surface area contributed by atoms with Gasteiger partial charge in [0.15, 0.2) is 11.9 Å². The first-order valence-corrected chi connectivity index (χ1v) is 11.1. The Labute approximate surface area is 197 Å². The van der Waals surface area contributed by atoms with E-state index in [1.807, 2.05) is 42.5 Å². The van der Waals surface area contributed by atoms with Crippen LogP contribution in [0, 0.1) is 0 Å². The average molecular weight is 456 g/mol. The summed E-state index contributed by atoms with van der Waals surface area (Å²) in [7, 11) is 0. The number of rotatable bonds is 10. The monoisotopic (exact) mass is 455 g/mol. The number of hydrogen-bond acceptors (Lipinski definition) is 5. The van der Waals surface area contributed by atoms with Crippen molar-refractivity contribution in [3.05, 3.63) is 102 Å². The van der Waals surface area contributed by atoms with Gasteiger partial charge >= 0.3 is 5.97 Å². The maximum absolute atomic E-state index is 13.4. The molecule has 4 rings (SSSR count). The van der Waals surface area contributed by atoms with Gasteiger partial charge in [0.25, 0.3) is 0 Å². The fourth-order valence-corrected chi connectivity index (χ4v) is 3.70. The molecule has 0 fully saturated rings. The largest absolute Gasteiger partial charge is 0.494 e. The highest BCUT2D eigenvalue weighted by molar-refractivity contribution is 6.10. The van der Waals surface area contributed by atoms with Crippen molar-refractivity contribution in [1.82, 2.24) is 4.98 Å². The summed E-state index contributed by atoms with van der Waals surface area (Å²) in [6.45, 7) is 1.81. The number of carbonyl (C=O) groups is 3. The number of fused-ring (bicyclic) bond motifs is 1. The zero-order valence-corrected chi connectivity index (χ0v) is 18.8. The van der Waals surface area contributed by atoms with Crippen LogP contribution in [0.1, 0.15) is 52.1 Å². The minimum atomic E-state index is -1.03. The Morgan fingerprint density at radius 1 is 0.882 bits per heavy atom. The Bertz CT molecular complexity index is 1290. The minimum absolute atomic E-state index is 0.00977. The van der Waals surface area contributed by atoms with Crippen molar-refractivity contribution in [2.75, 3.05) is 6.61 Å². The molecule has 0 saturated heterocycles. The molecule has 0 amide bonds. The molecule has 0 saturated carbocycles. The molecule has 3 aromatic carbocycles. The predicted molar refractivity (Wildman–Crippen MR) is 129 cm³/mol. The lowest BCUT2D eigenvalue weighted by Crippen LogP contribution is -2.20. The SMILES string of the molecule is CC(=O)c1ccc(OCCCC(=O)O[C@H](C(=O)c2c[nH]c3ccccc23)c2ccccc2)cc1. The lowest BCUT2D eigenvalue weighted by molar-refractivity contribution is -0.147. The van der Waals surface area contributed by atoms with E-state index in [9.17, 15) is 14.4 Å². The van der Waals surface area contributed by atoms with Gasteiger partial charge < -0.3 is 14.5 Å². The maximum atomic E-state index is 13.4. The van der Waals surface area contributed by atoms with Crippen LogP contribution >= 0.6 is 0 Å². The lowest BCUT2D eigenvalue weighted by atomic mass is 9.99.